The Kier molecular flexibility index (Phi) is 6.34. The Labute approximate surface area is 196 Å². The summed E-state index contributed by atoms with van der Waals surface area (Å²) in [5.74, 6) is 0.922. The van der Waals surface area contributed by atoms with Gasteiger partial charge in [0.2, 0.25) is 5.91 Å². The summed E-state index contributed by atoms with van der Waals surface area (Å²) in [5.41, 5.74) is 2.87. The molecular weight excluding hydrogens is 469 g/mol. The molecule has 0 aromatic carbocycles. The highest BCUT2D eigenvalue weighted by Gasteiger charge is 2.18. The first-order valence-corrected chi connectivity index (χ1v) is 13.2. The third-order valence-corrected chi connectivity index (χ3v) is 8.96. The van der Waals surface area contributed by atoms with Crippen molar-refractivity contribution in [2.45, 2.75) is 45.6 Å². The van der Waals surface area contributed by atoms with Gasteiger partial charge < -0.3 is 10.3 Å². The van der Waals surface area contributed by atoms with Crippen molar-refractivity contribution in [3.63, 3.8) is 0 Å². The second kappa shape index (κ2) is 8.85. The molecule has 0 saturated heterocycles. The SMILES string of the molecule is Cc1cc(-c2csc(NC(=O)C(C)SCc3nc4sc(C)c(C)c4c(=O)[nH]3)n2)c(C)s1. The molecule has 0 aliphatic rings. The van der Waals surface area contributed by atoms with Crippen molar-refractivity contribution in [1.29, 1.82) is 0 Å². The Morgan fingerprint density at radius 3 is 2.68 bits per heavy atom. The maximum Gasteiger partial charge on any atom is 0.259 e. The number of nitrogens with one attached hydrogen (secondary N) is 2. The average Bonchev–Trinajstić information content (AvgIpc) is 3.38. The highest BCUT2D eigenvalue weighted by molar-refractivity contribution is 7.99. The topological polar surface area (TPSA) is 87.7 Å². The van der Waals surface area contributed by atoms with Crippen LogP contribution in [0.25, 0.3) is 21.5 Å². The molecule has 2 N–H and O–H groups in total. The molecule has 0 radical (unpaired) electrons. The van der Waals surface area contributed by atoms with Crippen LogP contribution in [0.5, 0.6) is 0 Å². The van der Waals surface area contributed by atoms with Crippen molar-refractivity contribution in [3.05, 3.63) is 47.8 Å². The van der Waals surface area contributed by atoms with Crippen molar-refractivity contribution in [1.82, 2.24) is 15.0 Å². The predicted molar refractivity (Wildman–Crippen MR) is 134 cm³/mol. The molecular formula is C21H22N4O2S4. The van der Waals surface area contributed by atoms with Crippen LogP contribution in [0.3, 0.4) is 0 Å². The van der Waals surface area contributed by atoms with Gasteiger partial charge in [-0.1, -0.05) is 0 Å². The lowest BCUT2D eigenvalue weighted by molar-refractivity contribution is -0.115. The van der Waals surface area contributed by atoms with Crippen LogP contribution in [-0.2, 0) is 10.5 Å². The van der Waals surface area contributed by atoms with Crippen LogP contribution in [0.2, 0.25) is 0 Å². The van der Waals surface area contributed by atoms with Crippen molar-refractivity contribution in [2.75, 3.05) is 5.32 Å². The number of hydrogen-bond donors (Lipinski definition) is 2. The number of aromatic amines is 1. The van der Waals surface area contributed by atoms with Gasteiger partial charge in [-0.3, -0.25) is 9.59 Å². The van der Waals surface area contributed by atoms with E-state index in [2.05, 4.69) is 40.2 Å². The zero-order valence-electron chi connectivity index (χ0n) is 17.8. The number of thiophene rings is 2. The molecule has 4 aromatic heterocycles. The van der Waals surface area contributed by atoms with Gasteiger partial charge >= 0.3 is 0 Å². The molecule has 31 heavy (non-hydrogen) atoms. The second-order valence-corrected chi connectivity index (χ2v) is 12.1. The van der Waals surface area contributed by atoms with Gasteiger partial charge in [0.1, 0.15) is 10.7 Å². The smallest absolute Gasteiger partial charge is 0.259 e. The minimum absolute atomic E-state index is 0.115. The number of amides is 1. The van der Waals surface area contributed by atoms with Gasteiger partial charge in [-0.25, -0.2) is 9.97 Å². The molecule has 1 atom stereocenters. The van der Waals surface area contributed by atoms with E-state index in [1.54, 1.807) is 11.3 Å². The number of carbonyl (C=O) groups excluding carboxylic acids is 1. The van der Waals surface area contributed by atoms with E-state index >= 15 is 0 Å². The summed E-state index contributed by atoms with van der Waals surface area (Å²) in [6.07, 6.45) is 0. The fourth-order valence-electron chi connectivity index (χ4n) is 3.19. The van der Waals surface area contributed by atoms with Gasteiger partial charge in [0.05, 0.1) is 22.1 Å². The Bertz CT molecular complexity index is 1330. The van der Waals surface area contributed by atoms with E-state index in [1.165, 1.54) is 44.2 Å². The van der Waals surface area contributed by atoms with Crippen LogP contribution in [0.4, 0.5) is 5.13 Å². The molecule has 6 nitrogen and oxygen atoms in total. The Morgan fingerprint density at radius 2 is 1.97 bits per heavy atom. The van der Waals surface area contributed by atoms with E-state index < -0.39 is 0 Å². The molecule has 4 rings (SSSR count). The van der Waals surface area contributed by atoms with Gasteiger partial charge in [0.15, 0.2) is 5.13 Å². The minimum Gasteiger partial charge on any atom is -0.309 e. The molecule has 4 heterocycles. The molecule has 0 aliphatic carbocycles. The Morgan fingerprint density at radius 1 is 1.19 bits per heavy atom. The van der Waals surface area contributed by atoms with Gasteiger partial charge in [0, 0.05) is 25.6 Å². The number of H-pyrrole nitrogens is 1. The van der Waals surface area contributed by atoms with Gasteiger partial charge in [0.25, 0.3) is 5.56 Å². The summed E-state index contributed by atoms with van der Waals surface area (Å²) in [4.78, 5) is 41.4. The lowest BCUT2D eigenvalue weighted by atomic mass is 10.2. The number of aromatic nitrogens is 3. The second-order valence-electron chi connectivity index (χ2n) is 7.28. The summed E-state index contributed by atoms with van der Waals surface area (Å²) >= 11 is 6.13. The van der Waals surface area contributed by atoms with Crippen LogP contribution >= 0.6 is 45.8 Å². The Balaban J connectivity index is 1.40. The van der Waals surface area contributed by atoms with Crippen molar-refractivity contribution < 1.29 is 4.79 Å². The average molecular weight is 491 g/mol. The summed E-state index contributed by atoms with van der Waals surface area (Å²) < 4.78 is 0. The highest BCUT2D eigenvalue weighted by Crippen LogP contribution is 2.33. The number of nitrogens with zero attached hydrogens (tertiary/aromatic N) is 2. The molecule has 162 valence electrons. The van der Waals surface area contributed by atoms with Gasteiger partial charge in [-0.15, -0.1) is 45.8 Å². The van der Waals surface area contributed by atoms with Crippen LogP contribution in [0.1, 0.15) is 32.9 Å². The molecule has 0 saturated carbocycles. The fraction of sp³-hybridized carbons (Fsp3) is 0.333. The molecule has 10 heteroatoms. The Hall–Kier alpha value is -2.01. The first-order chi connectivity index (χ1) is 14.7. The number of anilines is 1. The third kappa shape index (κ3) is 4.62. The van der Waals surface area contributed by atoms with Crippen molar-refractivity contribution in [3.8, 4) is 11.3 Å². The zero-order valence-corrected chi connectivity index (χ0v) is 21.0. The largest absolute Gasteiger partial charge is 0.309 e. The van der Waals surface area contributed by atoms with Crippen LogP contribution in [0.15, 0.2) is 16.2 Å². The molecule has 1 amide bonds. The summed E-state index contributed by atoms with van der Waals surface area (Å²) in [6, 6.07) is 2.13. The monoisotopic (exact) mass is 490 g/mol. The molecule has 0 aliphatic heterocycles. The zero-order chi connectivity index (χ0) is 22.3. The first-order valence-electron chi connectivity index (χ1n) is 9.67. The fourth-order valence-corrected chi connectivity index (χ4v) is 6.64. The standard InChI is InChI=1S/C21H22N4O2S4/c1-9-6-14(12(4)30-9)15-7-29-21(22-15)25-18(26)13(5)28-8-16-23-19(27)17-10(2)11(3)31-20(17)24-16/h6-7,13H,8H2,1-5H3,(H,22,25,26)(H,23,24,27). The van der Waals surface area contributed by atoms with E-state index in [0.29, 0.717) is 22.1 Å². The van der Waals surface area contributed by atoms with E-state index in [0.717, 1.165) is 26.5 Å². The number of rotatable bonds is 6. The first kappa shape index (κ1) is 22.2. The third-order valence-electron chi connectivity index (χ3n) is 4.98. The van der Waals surface area contributed by atoms with Crippen molar-refractivity contribution in [2.24, 2.45) is 0 Å². The number of fused-ring (bicyclic) bond motifs is 1. The van der Waals surface area contributed by atoms with Gasteiger partial charge in [-0.05, 0) is 46.2 Å². The number of thiazole rings is 1. The van der Waals surface area contributed by atoms with E-state index in [-0.39, 0.29) is 16.7 Å². The van der Waals surface area contributed by atoms with Crippen LogP contribution in [0, 0.1) is 27.7 Å². The number of hydrogen-bond acceptors (Lipinski definition) is 8. The number of carbonyl (C=O) groups is 1. The van der Waals surface area contributed by atoms with E-state index in [9.17, 15) is 9.59 Å². The molecule has 0 bridgehead atoms. The molecule has 0 fully saturated rings. The lowest BCUT2D eigenvalue weighted by Gasteiger charge is -2.10. The number of thioether (sulfide) groups is 1. The van der Waals surface area contributed by atoms with Crippen LogP contribution < -0.4 is 10.9 Å². The predicted octanol–water partition coefficient (Wildman–Crippen LogP) is 5.66. The molecule has 1 unspecified atom stereocenters. The molecule has 0 spiro atoms. The van der Waals surface area contributed by atoms with E-state index in [4.69, 9.17) is 0 Å². The number of aryl methyl sites for hydroxylation is 4. The minimum atomic E-state index is -0.315. The van der Waals surface area contributed by atoms with Crippen molar-refractivity contribution >= 4 is 67.0 Å². The van der Waals surface area contributed by atoms with E-state index in [1.807, 2.05) is 26.2 Å². The lowest BCUT2D eigenvalue weighted by Crippen LogP contribution is -2.23. The quantitative estimate of drug-likeness (QED) is 0.364. The maximum atomic E-state index is 12.6. The van der Waals surface area contributed by atoms with Gasteiger partial charge in [-0.2, -0.15) is 0 Å². The summed E-state index contributed by atoms with van der Waals surface area (Å²) in [7, 11) is 0. The summed E-state index contributed by atoms with van der Waals surface area (Å²) in [6.45, 7) is 9.94. The maximum absolute atomic E-state index is 12.6. The highest BCUT2D eigenvalue weighted by atomic mass is 32.2. The normalized spacial score (nSPS) is 12.4. The van der Waals surface area contributed by atoms with Crippen LogP contribution in [-0.4, -0.2) is 26.1 Å². The summed E-state index contributed by atoms with van der Waals surface area (Å²) in [5, 5.41) is 5.82. The molecule has 4 aromatic rings.